The van der Waals surface area contributed by atoms with E-state index in [1.165, 1.54) is 12.1 Å². The van der Waals surface area contributed by atoms with Crippen LogP contribution in [-0.2, 0) is 18.8 Å². The van der Waals surface area contributed by atoms with Crippen LogP contribution in [0.1, 0.15) is 27.9 Å². The minimum atomic E-state index is -0.265. The molecule has 0 radical (unpaired) electrons. The Kier molecular flexibility index (Phi) is 6.01. The van der Waals surface area contributed by atoms with Gasteiger partial charge in [-0.05, 0) is 48.9 Å². The summed E-state index contributed by atoms with van der Waals surface area (Å²) in [4.78, 5) is 13.9. The second kappa shape index (κ2) is 9.09. The molecule has 1 aliphatic rings. The first-order chi connectivity index (χ1) is 16.0. The predicted molar refractivity (Wildman–Crippen MR) is 126 cm³/mol. The molecule has 0 saturated carbocycles. The average Bonchev–Trinajstić information content (AvgIpc) is 2.83. The molecule has 3 heterocycles. The lowest BCUT2D eigenvalue weighted by atomic mass is 9.99. The molecule has 0 amide bonds. The molecule has 4 aromatic rings. The number of thioether (sulfide) groups is 1. The van der Waals surface area contributed by atoms with Crippen molar-refractivity contribution in [3.8, 4) is 23.0 Å². The lowest BCUT2D eigenvalue weighted by molar-refractivity contribution is 0.278. The summed E-state index contributed by atoms with van der Waals surface area (Å²) in [7, 11) is 0. The predicted octanol–water partition coefficient (Wildman–Crippen LogP) is 6.12. The lowest BCUT2D eigenvalue weighted by Crippen LogP contribution is -2.13. The Balaban J connectivity index is 1.58. The van der Waals surface area contributed by atoms with Gasteiger partial charge in [-0.2, -0.15) is 4.98 Å². The maximum atomic E-state index is 13.3. The van der Waals surface area contributed by atoms with Gasteiger partial charge in [0.2, 0.25) is 5.88 Å². The van der Waals surface area contributed by atoms with Crippen LogP contribution >= 0.6 is 23.4 Å². The molecule has 1 N–H and O–H groups in total. The van der Waals surface area contributed by atoms with Gasteiger partial charge in [-0.15, -0.1) is 11.8 Å². The minimum absolute atomic E-state index is 0.129. The molecule has 33 heavy (non-hydrogen) atoms. The molecule has 0 bridgehead atoms. The summed E-state index contributed by atoms with van der Waals surface area (Å²) in [5, 5.41) is 11.2. The normalized spacial score (nSPS) is 12.1. The molecule has 2 aromatic carbocycles. The first kappa shape index (κ1) is 21.8. The molecule has 8 heteroatoms. The number of fused-ring (bicyclic) bond motifs is 2. The number of aryl methyl sites for hydroxylation is 1. The molecule has 0 spiro atoms. The molecule has 2 aromatic heterocycles. The van der Waals surface area contributed by atoms with Crippen LogP contribution in [0.3, 0.4) is 0 Å². The van der Waals surface area contributed by atoms with Gasteiger partial charge in [-0.25, -0.2) is 9.37 Å². The molecule has 5 nitrogen and oxygen atoms in total. The Bertz CT molecular complexity index is 1330. The molecule has 166 valence electrons. The van der Waals surface area contributed by atoms with E-state index in [2.05, 4.69) is 4.98 Å². The maximum absolute atomic E-state index is 13.3. The van der Waals surface area contributed by atoms with Gasteiger partial charge >= 0.3 is 0 Å². The summed E-state index contributed by atoms with van der Waals surface area (Å²) in [6, 6.07) is 13.8. The molecular weight excluding hydrogens is 461 g/mol. The highest BCUT2D eigenvalue weighted by Gasteiger charge is 2.27. The van der Waals surface area contributed by atoms with Crippen molar-refractivity contribution >= 4 is 23.4 Å². The number of hydrogen-bond acceptors (Lipinski definition) is 6. The van der Waals surface area contributed by atoms with Gasteiger partial charge in [0.1, 0.15) is 10.8 Å². The van der Waals surface area contributed by atoms with Gasteiger partial charge in [-0.3, -0.25) is 4.98 Å². The number of benzene rings is 2. The number of aliphatic hydroxyl groups excluding tert-OH is 1. The second-order valence-electron chi connectivity index (χ2n) is 7.67. The van der Waals surface area contributed by atoms with Gasteiger partial charge in [0, 0.05) is 40.1 Å². The van der Waals surface area contributed by atoms with Gasteiger partial charge in [0.15, 0.2) is 11.6 Å². The Labute approximate surface area is 199 Å². The first-order valence-electron chi connectivity index (χ1n) is 10.3. The van der Waals surface area contributed by atoms with E-state index in [0.717, 1.165) is 38.5 Å². The van der Waals surface area contributed by atoms with Crippen LogP contribution in [0.2, 0.25) is 5.02 Å². The third-order valence-corrected chi connectivity index (χ3v) is 6.79. The van der Waals surface area contributed by atoms with E-state index in [9.17, 15) is 9.50 Å². The average molecular weight is 480 g/mol. The Morgan fingerprint density at radius 1 is 1.06 bits per heavy atom. The Morgan fingerprint density at radius 3 is 2.55 bits per heavy atom. The van der Waals surface area contributed by atoms with Crippen LogP contribution in [0.15, 0.2) is 59.8 Å². The zero-order chi connectivity index (χ0) is 22.9. The standard InChI is InChI=1S/C25H19ClFN3O2S/c1-14-22-20(17(12-31)11-28-14)10-21-24(32-22)29-23(16-4-6-18(26)7-5-16)30-25(21)33-13-15-2-8-19(27)9-3-15/h2-9,11,31H,10,12-13H2,1H3. The Morgan fingerprint density at radius 2 is 1.82 bits per heavy atom. The largest absolute Gasteiger partial charge is 0.436 e. The number of halogens is 2. The van der Waals surface area contributed by atoms with Crippen LogP contribution in [0.4, 0.5) is 4.39 Å². The number of hydrogen-bond donors (Lipinski definition) is 1. The number of pyridine rings is 1. The number of aliphatic hydroxyl groups is 1. The van der Waals surface area contributed by atoms with E-state index in [-0.39, 0.29) is 12.4 Å². The van der Waals surface area contributed by atoms with Crippen molar-refractivity contribution in [2.75, 3.05) is 0 Å². The van der Waals surface area contributed by atoms with Gasteiger partial charge in [0.25, 0.3) is 0 Å². The molecule has 0 fully saturated rings. The van der Waals surface area contributed by atoms with Crippen molar-refractivity contribution in [3.63, 3.8) is 0 Å². The highest BCUT2D eigenvalue weighted by molar-refractivity contribution is 7.98. The fourth-order valence-electron chi connectivity index (χ4n) is 3.67. The summed E-state index contributed by atoms with van der Waals surface area (Å²) in [6.07, 6.45) is 2.20. The van der Waals surface area contributed by atoms with Crippen LogP contribution < -0.4 is 4.74 Å². The smallest absolute Gasteiger partial charge is 0.227 e. The van der Waals surface area contributed by atoms with E-state index >= 15 is 0 Å². The van der Waals surface area contributed by atoms with Crippen molar-refractivity contribution in [1.82, 2.24) is 15.0 Å². The van der Waals surface area contributed by atoms with Gasteiger partial charge < -0.3 is 9.84 Å². The summed E-state index contributed by atoms with van der Waals surface area (Å²) < 4.78 is 19.5. The van der Waals surface area contributed by atoms with Crippen molar-refractivity contribution in [3.05, 3.63) is 93.5 Å². The second-order valence-corrected chi connectivity index (χ2v) is 9.07. The SMILES string of the molecule is Cc1ncc(CO)c2c1Oc1nc(-c3ccc(Cl)cc3)nc(SCc3ccc(F)cc3)c1C2. The molecule has 0 atom stereocenters. The van der Waals surface area contributed by atoms with E-state index < -0.39 is 0 Å². The third-order valence-electron chi connectivity index (χ3n) is 5.45. The van der Waals surface area contributed by atoms with Crippen molar-refractivity contribution in [1.29, 1.82) is 0 Å². The first-order valence-corrected chi connectivity index (χ1v) is 11.7. The number of aromatic nitrogens is 3. The molecule has 5 rings (SSSR count). The lowest BCUT2D eigenvalue weighted by Gasteiger charge is -2.24. The molecular formula is C25H19ClFN3O2S. The van der Waals surface area contributed by atoms with E-state index in [1.54, 1.807) is 42.2 Å². The zero-order valence-electron chi connectivity index (χ0n) is 17.7. The van der Waals surface area contributed by atoms with Crippen LogP contribution in [0.5, 0.6) is 11.6 Å². The highest BCUT2D eigenvalue weighted by Crippen LogP contribution is 2.43. The van der Waals surface area contributed by atoms with Crippen LogP contribution in [-0.4, -0.2) is 20.1 Å². The monoisotopic (exact) mass is 479 g/mol. The van der Waals surface area contributed by atoms with Crippen molar-refractivity contribution < 1.29 is 14.2 Å². The van der Waals surface area contributed by atoms with Crippen LogP contribution in [0.25, 0.3) is 11.4 Å². The number of ether oxygens (including phenoxy) is 1. The fourth-order valence-corrected chi connectivity index (χ4v) is 4.78. The quantitative estimate of drug-likeness (QED) is 0.242. The summed E-state index contributed by atoms with van der Waals surface area (Å²) in [5.41, 5.74) is 5.00. The number of nitrogens with zero attached hydrogens (tertiary/aromatic N) is 3. The van der Waals surface area contributed by atoms with Gasteiger partial charge in [-0.1, -0.05) is 23.7 Å². The van der Waals surface area contributed by atoms with Gasteiger partial charge in [0.05, 0.1) is 17.9 Å². The third kappa shape index (κ3) is 4.44. The van der Waals surface area contributed by atoms with E-state index in [4.69, 9.17) is 26.3 Å². The zero-order valence-corrected chi connectivity index (χ0v) is 19.3. The van der Waals surface area contributed by atoms with Crippen LogP contribution in [0, 0.1) is 12.7 Å². The molecule has 0 saturated heterocycles. The summed E-state index contributed by atoms with van der Waals surface area (Å²) >= 11 is 7.59. The van der Waals surface area contributed by atoms with E-state index in [0.29, 0.717) is 34.7 Å². The summed E-state index contributed by atoms with van der Waals surface area (Å²) in [5.74, 6) is 1.98. The molecule has 0 unspecified atom stereocenters. The fraction of sp³-hybridized carbons (Fsp3) is 0.160. The van der Waals surface area contributed by atoms with Crippen molar-refractivity contribution in [2.24, 2.45) is 0 Å². The van der Waals surface area contributed by atoms with Crippen molar-refractivity contribution in [2.45, 2.75) is 30.7 Å². The topological polar surface area (TPSA) is 68.1 Å². The minimum Gasteiger partial charge on any atom is -0.436 e. The molecule has 1 aliphatic heterocycles. The Hall–Kier alpha value is -3.00. The number of rotatable bonds is 5. The maximum Gasteiger partial charge on any atom is 0.227 e. The highest BCUT2D eigenvalue weighted by atomic mass is 35.5. The summed E-state index contributed by atoms with van der Waals surface area (Å²) in [6.45, 7) is 1.74. The molecule has 0 aliphatic carbocycles. The van der Waals surface area contributed by atoms with E-state index in [1.807, 2.05) is 19.1 Å².